The van der Waals surface area contributed by atoms with Gasteiger partial charge in [0.15, 0.2) is 0 Å². The Morgan fingerprint density at radius 2 is 2.13 bits per heavy atom. The van der Waals surface area contributed by atoms with Crippen LogP contribution in [0, 0.1) is 0 Å². The molecule has 15 heavy (non-hydrogen) atoms. The maximum Gasteiger partial charge on any atom is 0.132 e. The predicted molar refractivity (Wildman–Crippen MR) is 62.9 cm³/mol. The minimum atomic E-state index is 0.410. The van der Waals surface area contributed by atoms with Gasteiger partial charge in [0.1, 0.15) is 12.1 Å². The Kier molecular flexibility index (Phi) is 4.49. The van der Waals surface area contributed by atoms with E-state index in [-0.39, 0.29) is 0 Å². The van der Waals surface area contributed by atoms with Crippen LogP contribution in [0.5, 0.6) is 0 Å². The molecule has 0 spiro atoms. The minimum absolute atomic E-state index is 0.410. The van der Waals surface area contributed by atoms with E-state index in [0.29, 0.717) is 12.6 Å². The van der Waals surface area contributed by atoms with Crippen LogP contribution in [0.4, 0.5) is 5.82 Å². The van der Waals surface area contributed by atoms with Crippen molar-refractivity contribution in [1.29, 1.82) is 0 Å². The van der Waals surface area contributed by atoms with Crippen molar-refractivity contribution in [3.63, 3.8) is 0 Å². The highest BCUT2D eigenvalue weighted by Gasteiger charge is 2.11. The molecule has 0 aromatic carbocycles. The molecule has 2 N–H and O–H groups in total. The first-order chi connectivity index (χ1) is 7.19. The fourth-order valence-electron chi connectivity index (χ4n) is 1.51. The lowest BCUT2D eigenvalue weighted by atomic mass is 10.2. The molecule has 84 valence electrons. The largest absolute Gasteiger partial charge is 0.353 e. The molecule has 0 amide bonds. The zero-order valence-electron chi connectivity index (χ0n) is 9.77. The lowest BCUT2D eigenvalue weighted by Gasteiger charge is -2.27. The Morgan fingerprint density at radius 3 is 2.67 bits per heavy atom. The van der Waals surface area contributed by atoms with Crippen molar-refractivity contribution in [1.82, 2.24) is 9.97 Å². The predicted octanol–water partition coefficient (Wildman–Crippen LogP) is 1.21. The van der Waals surface area contributed by atoms with E-state index in [1.165, 1.54) is 0 Å². The first kappa shape index (κ1) is 11.9. The highest BCUT2D eigenvalue weighted by molar-refractivity contribution is 5.39. The van der Waals surface area contributed by atoms with Crippen molar-refractivity contribution in [2.24, 2.45) is 5.73 Å². The summed E-state index contributed by atoms with van der Waals surface area (Å²) in [6.07, 6.45) is 2.56. The Labute approximate surface area is 91.5 Å². The first-order valence-electron chi connectivity index (χ1n) is 5.46. The highest BCUT2D eigenvalue weighted by atomic mass is 15.2. The van der Waals surface area contributed by atoms with Crippen molar-refractivity contribution in [2.45, 2.75) is 33.2 Å². The monoisotopic (exact) mass is 208 g/mol. The van der Waals surface area contributed by atoms with Crippen LogP contribution in [0.25, 0.3) is 0 Å². The van der Waals surface area contributed by atoms with Gasteiger partial charge in [-0.15, -0.1) is 0 Å². The molecule has 4 nitrogen and oxygen atoms in total. The zero-order valence-corrected chi connectivity index (χ0v) is 9.77. The third-order valence-corrected chi connectivity index (χ3v) is 2.36. The van der Waals surface area contributed by atoms with Crippen LogP contribution >= 0.6 is 0 Å². The average molecular weight is 208 g/mol. The molecule has 0 atom stereocenters. The summed E-state index contributed by atoms with van der Waals surface area (Å²) >= 11 is 0. The molecular formula is C11H20N4. The van der Waals surface area contributed by atoms with Gasteiger partial charge in [-0.2, -0.15) is 0 Å². The first-order valence-corrected chi connectivity index (χ1v) is 5.46. The molecule has 1 rings (SSSR count). The fraction of sp³-hybridized carbons (Fsp3) is 0.636. The molecule has 0 aliphatic heterocycles. The Hall–Kier alpha value is -1.16. The number of hydrogen-bond donors (Lipinski definition) is 1. The van der Waals surface area contributed by atoms with Gasteiger partial charge in [0, 0.05) is 30.9 Å². The number of rotatable bonds is 5. The van der Waals surface area contributed by atoms with E-state index in [4.69, 9.17) is 5.73 Å². The van der Waals surface area contributed by atoms with Gasteiger partial charge in [-0.3, -0.25) is 0 Å². The summed E-state index contributed by atoms with van der Waals surface area (Å²) < 4.78 is 0. The van der Waals surface area contributed by atoms with E-state index < -0.39 is 0 Å². The molecule has 0 fully saturated rings. The van der Waals surface area contributed by atoms with E-state index in [2.05, 4.69) is 35.6 Å². The normalized spacial score (nSPS) is 10.7. The van der Waals surface area contributed by atoms with Gasteiger partial charge < -0.3 is 10.6 Å². The van der Waals surface area contributed by atoms with E-state index in [1.54, 1.807) is 6.33 Å². The van der Waals surface area contributed by atoms with Crippen molar-refractivity contribution in [3.8, 4) is 0 Å². The molecule has 0 aliphatic rings. The van der Waals surface area contributed by atoms with Gasteiger partial charge in [-0.1, -0.05) is 6.92 Å². The van der Waals surface area contributed by atoms with E-state index in [0.717, 1.165) is 24.5 Å². The Morgan fingerprint density at radius 1 is 1.40 bits per heavy atom. The summed E-state index contributed by atoms with van der Waals surface area (Å²) in [5.41, 5.74) is 6.66. The molecule has 1 aromatic rings. The molecule has 0 radical (unpaired) electrons. The van der Waals surface area contributed by atoms with Gasteiger partial charge >= 0.3 is 0 Å². The molecule has 0 unspecified atom stereocenters. The van der Waals surface area contributed by atoms with E-state index in [1.807, 2.05) is 6.07 Å². The van der Waals surface area contributed by atoms with Crippen LogP contribution in [0.1, 0.15) is 26.5 Å². The standard InChI is InChI=1S/C11H20N4/c1-4-10-7-11(14-8-13-10)15(6-5-12)9(2)3/h7-9H,4-6,12H2,1-3H3. The third kappa shape index (κ3) is 3.16. The van der Waals surface area contributed by atoms with Crippen LogP contribution in [-0.2, 0) is 6.42 Å². The highest BCUT2D eigenvalue weighted by Crippen LogP contribution is 2.13. The lowest BCUT2D eigenvalue weighted by Crippen LogP contribution is -2.36. The number of nitrogens with two attached hydrogens (primary N) is 1. The maximum absolute atomic E-state index is 5.59. The Balaban J connectivity index is 2.89. The summed E-state index contributed by atoms with van der Waals surface area (Å²) in [5, 5.41) is 0. The molecule has 4 heteroatoms. The van der Waals surface area contributed by atoms with Gasteiger partial charge in [0.05, 0.1) is 0 Å². The lowest BCUT2D eigenvalue weighted by molar-refractivity contribution is 0.672. The molecule has 1 heterocycles. The molecule has 1 aromatic heterocycles. The second kappa shape index (κ2) is 5.66. The van der Waals surface area contributed by atoms with Gasteiger partial charge in [-0.05, 0) is 20.3 Å². The third-order valence-electron chi connectivity index (χ3n) is 2.36. The number of nitrogens with zero attached hydrogens (tertiary/aromatic N) is 3. The molecule has 0 bridgehead atoms. The second-order valence-corrected chi connectivity index (χ2v) is 3.80. The van der Waals surface area contributed by atoms with Gasteiger partial charge in [0.25, 0.3) is 0 Å². The molecule has 0 saturated heterocycles. The summed E-state index contributed by atoms with van der Waals surface area (Å²) in [6, 6.07) is 2.45. The van der Waals surface area contributed by atoms with Crippen LogP contribution < -0.4 is 10.6 Å². The van der Waals surface area contributed by atoms with Crippen molar-refractivity contribution < 1.29 is 0 Å². The van der Waals surface area contributed by atoms with Crippen LogP contribution in [-0.4, -0.2) is 29.1 Å². The molecule has 0 aliphatic carbocycles. The quantitative estimate of drug-likeness (QED) is 0.790. The number of anilines is 1. The number of aromatic nitrogens is 2. The summed E-state index contributed by atoms with van der Waals surface area (Å²) in [5.74, 6) is 0.974. The average Bonchev–Trinajstić information content (AvgIpc) is 2.25. The van der Waals surface area contributed by atoms with Crippen molar-refractivity contribution in [3.05, 3.63) is 18.1 Å². The number of hydrogen-bond acceptors (Lipinski definition) is 4. The zero-order chi connectivity index (χ0) is 11.3. The van der Waals surface area contributed by atoms with Crippen molar-refractivity contribution in [2.75, 3.05) is 18.0 Å². The van der Waals surface area contributed by atoms with Crippen LogP contribution in [0.15, 0.2) is 12.4 Å². The van der Waals surface area contributed by atoms with Crippen molar-refractivity contribution >= 4 is 5.82 Å². The Bertz CT molecular complexity index is 298. The van der Waals surface area contributed by atoms with Gasteiger partial charge in [-0.25, -0.2) is 9.97 Å². The van der Waals surface area contributed by atoms with Gasteiger partial charge in [0.2, 0.25) is 0 Å². The SMILES string of the molecule is CCc1cc(N(CCN)C(C)C)ncn1. The molecule has 0 saturated carbocycles. The summed E-state index contributed by atoms with van der Waals surface area (Å²) in [7, 11) is 0. The van der Waals surface area contributed by atoms with E-state index in [9.17, 15) is 0 Å². The van der Waals surface area contributed by atoms with E-state index >= 15 is 0 Å². The summed E-state index contributed by atoms with van der Waals surface area (Å²) in [6.45, 7) is 7.85. The fourth-order valence-corrected chi connectivity index (χ4v) is 1.51. The molecular weight excluding hydrogens is 188 g/mol. The van der Waals surface area contributed by atoms with Crippen LogP contribution in [0.3, 0.4) is 0 Å². The smallest absolute Gasteiger partial charge is 0.132 e. The minimum Gasteiger partial charge on any atom is -0.353 e. The number of aryl methyl sites for hydroxylation is 1. The maximum atomic E-state index is 5.59. The summed E-state index contributed by atoms with van der Waals surface area (Å²) in [4.78, 5) is 10.7. The van der Waals surface area contributed by atoms with Crippen LogP contribution in [0.2, 0.25) is 0 Å². The topological polar surface area (TPSA) is 55.0 Å². The second-order valence-electron chi connectivity index (χ2n) is 3.80.